The molecular formula is C13H19NO2S2. The molecule has 3 nitrogen and oxygen atoms in total. The van der Waals surface area contributed by atoms with Gasteiger partial charge in [-0.2, -0.15) is 12.6 Å². The molecule has 0 N–H and O–H groups in total. The number of hydrogen-bond donors (Lipinski definition) is 1. The predicted molar refractivity (Wildman–Crippen MR) is 78.1 cm³/mol. The summed E-state index contributed by atoms with van der Waals surface area (Å²) >= 11 is 4.42. The van der Waals surface area contributed by atoms with Crippen LogP contribution in [0.3, 0.4) is 0 Å². The number of rotatable bonds is 4. The van der Waals surface area contributed by atoms with Gasteiger partial charge in [0.2, 0.25) is 0 Å². The molecule has 0 amide bonds. The zero-order valence-electron chi connectivity index (χ0n) is 10.3. The second kappa shape index (κ2) is 6.08. The lowest BCUT2D eigenvalue weighted by atomic mass is 10.0. The summed E-state index contributed by atoms with van der Waals surface area (Å²) in [5, 5.41) is 0. The van der Waals surface area contributed by atoms with Crippen LogP contribution in [-0.4, -0.2) is 50.2 Å². The molecule has 2 rings (SSSR count). The molecule has 1 aromatic rings. The highest BCUT2D eigenvalue weighted by atomic mass is 32.2. The molecule has 100 valence electrons. The lowest BCUT2D eigenvalue weighted by Gasteiger charge is -2.30. The van der Waals surface area contributed by atoms with Gasteiger partial charge in [0.15, 0.2) is 9.84 Å². The first-order chi connectivity index (χ1) is 8.61. The minimum atomic E-state index is -2.78. The van der Waals surface area contributed by atoms with Gasteiger partial charge in [-0.05, 0) is 11.3 Å². The van der Waals surface area contributed by atoms with E-state index in [4.69, 9.17) is 0 Å². The Balaban J connectivity index is 1.96. The minimum absolute atomic E-state index is 0.293. The average Bonchev–Trinajstić information content (AvgIpc) is 2.39. The highest BCUT2D eigenvalue weighted by molar-refractivity contribution is 7.91. The fourth-order valence-corrected chi connectivity index (χ4v) is 3.84. The SMILES string of the molecule is O=S1(=O)CCN(CC(CS)c2ccccc2)CC1. The Bertz CT molecular complexity index is 459. The van der Waals surface area contributed by atoms with Crippen LogP contribution in [0, 0.1) is 0 Å². The van der Waals surface area contributed by atoms with Gasteiger partial charge < -0.3 is 4.90 Å². The van der Waals surface area contributed by atoms with Crippen molar-refractivity contribution in [2.24, 2.45) is 0 Å². The van der Waals surface area contributed by atoms with Gasteiger partial charge in [0, 0.05) is 25.6 Å². The summed E-state index contributed by atoms with van der Waals surface area (Å²) in [6, 6.07) is 10.3. The molecule has 1 aliphatic rings. The number of sulfone groups is 1. The van der Waals surface area contributed by atoms with E-state index in [-0.39, 0.29) is 0 Å². The zero-order valence-corrected chi connectivity index (χ0v) is 12.0. The first-order valence-electron chi connectivity index (χ1n) is 6.19. The smallest absolute Gasteiger partial charge is 0.152 e. The van der Waals surface area contributed by atoms with Crippen molar-refractivity contribution in [3.05, 3.63) is 35.9 Å². The quantitative estimate of drug-likeness (QED) is 0.851. The molecule has 18 heavy (non-hydrogen) atoms. The Morgan fingerprint density at radius 2 is 1.78 bits per heavy atom. The third kappa shape index (κ3) is 3.73. The molecule has 0 aromatic heterocycles. The van der Waals surface area contributed by atoms with Crippen molar-refractivity contribution in [1.29, 1.82) is 0 Å². The molecule has 0 radical (unpaired) electrons. The standard InChI is InChI=1S/C13H19NO2S2/c15-18(16)8-6-14(7-9-18)10-13(11-17)12-4-2-1-3-5-12/h1-5,13,17H,6-11H2. The molecule has 1 unspecified atom stereocenters. The van der Waals surface area contributed by atoms with E-state index in [1.165, 1.54) is 5.56 Å². The highest BCUT2D eigenvalue weighted by Crippen LogP contribution is 2.19. The van der Waals surface area contributed by atoms with Crippen LogP contribution >= 0.6 is 12.6 Å². The summed E-state index contributed by atoms with van der Waals surface area (Å²) in [7, 11) is -2.78. The Kier molecular flexibility index (Phi) is 4.70. The summed E-state index contributed by atoms with van der Waals surface area (Å²) in [6.45, 7) is 2.20. The van der Waals surface area contributed by atoms with Gasteiger partial charge in [0.05, 0.1) is 11.5 Å². The summed E-state index contributed by atoms with van der Waals surface area (Å²) in [5.74, 6) is 1.74. The van der Waals surface area contributed by atoms with Crippen molar-refractivity contribution >= 4 is 22.5 Å². The molecule has 1 aliphatic heterocycles. The maximum Gasteiger partial charge on any atom is 0.152 e. The maximum atomic E-state index is 11.4. The molecule has 0 bridgehead atoms. The van der Waals surface area contributed by atoms with Gasteiger partial charge >= 0.3 is 0 Å². The molecule has 0 saturated carbocycles. The Hall–Kier alpha value is -0.520. The van der Waals surface area contributed by atoms with Crippen LogP contribution in [0.1, 0.15) is 11.5 Å². The molecule has 0 aliphatic carbocycles. The van der Waals surface area contributed by atoms with Crippen molar-refractivity contribution in [3.63, 3.8) is 0 Å². The van der Waals surface area contributed by atoms with Crippen LogP contribution < -0.4 is 0 Å². The molecule has 1 saturated heterocycles. The van der Waals surface area contributed by atoms with E-state index in [1.807, 2.05) is 18.2 Å². The van der Waals surface area contributed by atoms with E-state index < -0.39 is 9.84 Å². The van der Waals surface area contributed by atoms with Gasteiger partial charge in [0.1, 0.15) is 0 Å². The molecule has 1 atom stereocenters. The third-order valence-corrected chi connectivity index (χ3v) is 5.46. The van der Waals surface area contributed by atoms with E-state index >= 15 is 0 Å². The second-order valence-electron chi connectivity index (χ2n) is 4.74. The monoisotopic (exact) mass is 285 g/mol. The number of hydrogen-bond acceptors (Lipinski definition) is 4. The van der Waals surface area contributed by atoms with Gasteiger partial charge in [-0.3, -0.25) is 0 Å². The van der Waals surface area contributed by atoms with Crippen molar-refractivity contribution in [1.82, 2.24) is 4.90 Å². The predicted octanol–water partition coefficient (Wildman–Crippen LogP) is 1.43. The molecule has 1 aromatic carbocycles. The lowest BCUT2D eigenvalue weighted by Crippen LogP contribution is -2.42. The lowest BCUT2D eigenvalue weighted by molar-refractivity contribution is 0.282. The summed E-state index contributed by atoms with van der Waals surface area (Å²) < 4.78 is 22.8. The second-order valence-corrected chi connectivity index (χ2v) is 7.41. The summed E-state index contributed by atoms with van der Waals surface area (Å²) in [5.41, 5.74) is 1.28. The Labute approximate surface area is 115 Å². The highest BCUT2D eigenvalue weighted by Gasteiger charge is 2.23. The van der Waals surface area contributed by atoms with E-state index in [0.717, 1.165) is 12.3 Å². The first-order valence-corrected chi connectivity index (χ1v) is 8.65. The van der Waals surface area contributed by atoms with Crippen LogP contribution in [0.2, 0.25) is 0 Å². The van der Waals surface area contributed by atoms with Crippen LogP contribution in [0.15, 0.2) is 30.3 Å². The van der Waals surface area contributed by atoms with Crippen molar-refractivity contribution < 1.29 is 8.42 Å². The topological polar surface area (TPSA) is 37.4 Å². The minimum Gasteiger partial charge on any atom is -0.301 e. The van der Waals surface area contributed by atoms with Gasteiger partial charge in [0.25, 0.3) is 0 Å². The van der Waals surface area contributed by atoms with Gasteiger partial charge in [-0.15, -0.1) is 0 Å². The molecule has 1 heterocycles. The van der Waals surface area contributed by atoms with E-state index in [2.05, 4.69) is 29.7 Å². The first kappa shape index (κ1) is 13.9. The van der Waals surface area contributed by atoms with Crippen LogP contribution in [0.4, 0.5) is 0 Å². The number of thiol groups is 1. The van der Waals surface area contributed by atoms with Crippen LogP contribution in [0.5, 0.6) is 0 Å². The van der Waals surface area contributed by atoms with E-state index in [9.17, 15) is 8.42 Å². The molecule has 0 spiro atoms. The number of nitrogens with zero attached hydrogens (tertiary/aromatic N) is 1. The van der Waals surface area contributed by atoms with E-state index in [0.29, 0.717) is 30.5 Å². The van der Waals surface area contributed by atoms with Crippen LogP contribution in [-0.2, 0) is 9.84 Å². The molecule has 1 fully saturated rings. The summed E-state index contributed by atoms with van der Waals surface area (Å²) in [6.07, 6.45) is 0. The molecular weight excluding hydrogens is 266 g/mol. The maximum absolute atomic E-state index is 11.4. The zero-order chi connectivity index (χ0) is 13.0. The normalized spacial score (nSPS) is 21.6. The largest absolute Gasteiger partial charge is 0.301 e. The Morgan fingerprint density at radius 3 is 2.33 bits per heavy atom. The fourth-order valence-electron chi connectivity index (χ4n) is 2.24. The van der Waals surface area contributed by atoms with Gasteiger partial charge in [-0.25, -0.2) is 8.42 Å². The third-order valence-electron chi connectivity index (χ3n) is 3.41. The van der Waals surface area contributed by atoms with Crippen LogP contribution in [0.25, 0.3) is 0 Å². The average molecular weight is 285 g/mol. The number of benzene rings is 1. The Morgan fingerprint density at radius 1 is 1.17 bits per heavy atom. The van der Waals surface area contributed by atoms with E-state index in [1.54, 1.807) is 0 Å². The fraction of sp³-hybridized carbons (Fsp3) is 0.538. The molecule has 5 heteroatoms. The van der Waals surface area contributed by atoms with Crippen molar-refractivity contribution in [3.8, 4) is 0 Å². The van der Waals surface area contributed by atoms with Crippen molar-refractivity contribution in [2.75, 3.05) is 36.9 Å². The van der Waals surface area contributed by atoms with Gasteiger partial charge in [-0.1, -0.05) is 30.3 Å². The van der Waals surface area contributed by atoms with Crippen molar-refractivity contribution in [2.45, 2.75) is 5.92 Å². The summed E-state index contributed by atoms with van der Waals surface area (Å²) in [4.78, 5) is 2.23.